The second kappa shape index (κ2) is 6.15. The van der Waals surface area contributed by atoms with Crippen LogP contribution >= 0.6 is 0 Å². The Labute approximate surface area is 122 Å². The molecule has 2 heterocycles. The Hall–Kier alpha value is -1.06. The van der Waals surface area contributed by atoms with Crippen molar-refractivity contribution in [3.8, 4) is 5.75 Å². The van der Waals surface area contributed by atoms with E-state index in [4.69, 9.17) is 4.74 Å². The maximum absolute atomic E-state index is 5.87. The van der Waals surface area contributed by atoms with Crippen LogP contribution in [0.4, 0.5) is 0 Å². The van der Waals surface area contributed by atoms with E-state index in [-0.39, 0.29) is 0 Å². The average Bonchev–Trinajstić information content (AvgIpc) is 2.48. The number of nitrogens with zero attached hydrogens (tertiary/aromatic N) is 1. The third-order valence-corrected chi connectivity index (χ3v) is 4.76. The largest absolute Gasteiger partial charge is 0.493 e. The Morgan fingerprint density at radius 1 is 1.25 bits per heavy atom. The van der Waals surface area contributed by atoms with Gasteiger partial charge in [0.05, 0.1) is 6.61 Å². The highest BCUT2D eigenvalue weighted by Gasteiger charge is 2.31. The molecule has 2 aliphatic heterocycles. The van der Waals surface area contributed by atoms with E-state index in [0.717, 1.165) is 18.3 Å². The van der Waals surface area contributed by atoms with Crippen molar-refractivity contribution in [1.29, 1.82) is 0 Å². The Bertz CT molecular complexity index is 442. The van der Waals surface area contributed by atoms with Gasteiger partial charge in [-0.15, -0.1) is 0 Å². The van der Waals surface area contributed by atoms with Crippen molar-refractivity contribution in [2.24, 2.45) is 11.8 Å². The second-order valence-electron chi connectivity index (χ2n) is 6.40. The van der Waals surface area contributed by atoms with E-state index < -0.39 is 0 Å². The third kappa shape index (κ3) is 2.84. The number of benzene rings is 1. The first kappa shape index (κ1) is 13.9. The minimum Gasteiger partial charge on any atom is -0.493 e. The molecule has 110 valence electrons. The van der Waals surface area contributed by atoms with Gasteiger partial charge in [-0.1, -0.05) is 25.1 Å². The fourth-order valence-electron chi connectivity index (χ4n) is 3.73. The molecule has 20 heavy (non-hydrogen) atoms. The Balaban J connectivity index is 1.74. The zero-order chi connectivity index (χ0) is 13.9. The molecule has 0 aromatic heterocycles. The molecular weight excluding hydrogens is 248 g/mol. The van der Waals surface area contributed by atoms with E-state index >= 15 is 0 Å². The molecule has 2 atom stereocenters. The van der Waals surface area contributed by atoms with Crippen molar-refractivity contribution in [2.75, 3.05) is 33.3 Å². The van der Waals surface area contributed by atoms with Gasteiger partial charge in [0, 0.05) is 24.1 Å². The molecule has 1 aromatic carbocycles. The van der Waals surface area contributed by atoms with Crippen LogP contribution in [0.5, 0.6) is 5.75 Å². The van der Waals surface area contributed by atoms with Crippen LogP contribution in [0, 0.1) is 11.8 Å². The summed E-state index contributed by atoms with van der Waals surface area (Å²) >= 11 is 0. The first-order valence-electron chi connectivity index (χ1n) is 7.88. The van der Waals surface area contributed by atoms with Crippen LogP contribution in [0.2, 0.25) is 0 Å². The highest BCUT2D eigenvalue weighted by molar-refractivity contribution is 5.38. The predicted octanol–water partition coefficient (Wildman–Crippen LogP) is 2.69. The Morgan fingerprint density at radius 3 is 2.80 bits per heavy atom. The maximum Gasteiger partial charge on any atom is 0.124 e. The van der Waals surface area contributed by atoms with Gasteiger partial charge in [-0.25, -0.2) is 0 Å². The van der Waals surface area contributed by atoms with Gasteiger partial charge >= 0.3 is 0 Å². The fraction of sp³-hybridized carbons (Fsp3) is 0.647. The summed E-state index contributed by atoms with van der Waals surface area (Å²) < 4.78 is 5.87. The van der Waals surface area contributed by atoms with Crippen LogP contribution in [0.3, 0.4) is 0 Å². The van der Waals surface area contributed by atoms with Gasteiger partial charge in [0.1, 0.15) is 5.75 Å². The molecule has 1 aromatic rings. The van der Waals surface area contributed by atoms with Crippen molar-refractivity contribution < 1.29 is 4.74 Å². The summed E-state index contributed by atoms with van der Waals surface area (Å²) in [7, 11) is 2.28. The van der Waals surface area contributed by atoms with Crippen LogP contribution in [-0.4, -0.2) is 38.2 Å². The van der Waals surface area contributed by atoms with Crippen molar-refractivity contribution in [3.05, 3.63) is 29.8 Å². The molecule has 1 N–H and O–H groups in total. The fourth-order valence-corrected chi connectivity index (χ4v) is 3.73. The average molecular weight is 274 g/mol. The predicted molar refractivity (Wildman–Crippen MR) is 82.1 cm³/mol. The van der Waals surface area contributed by atoms with Crippen LogP contribution in [-0.2, 0) is 0 Å². The number of rotatable bonds is 3. The normalized spacial score (nSPS) is 27.1. The summed E-state index contributed by atoms with van der Waals surface area (Å²) in [5.74, 6) is 2.47. The number of hydrogen-bond donors (Lipinski definition) is 1. The molecular formula is C17H26N2O. The van der Waals surface area contributed by atoms with Crippen molar-refractivity contribution in [2.45, 2.75) is 25.8 Å². The number of para-hydroxylation sites is 1. The lowest BCUT2D eigenvalue weighted by atomic mass is 9.89. The molecule has 1 saturated heterocycles. The van der Waals surface area contributed by atoms with Gasteiger partial charge in [-0.2, -0.15) is 0 Å². The number of piperidine rings is 1. The van der Waals surface area contributed by atoms with E-state index in [1.807, 2.05) is 0 Å². The summed E-state index contributed by atoms with van der Waals surface area (Å²) in [5, 5.41) is 3.45. The third-order valence-electron chi connectivity index (χ3n) is 4.76. The lowest BCUT2D eigenvalue weighted by Crippen LogP contribution is -2.40. The molecule has 0 saturated carbocycles. The monoisotopic (exact) mass is 274 g/mol. The topological polar surface area (TPSA) is 24.5 Å². The van der Waals surface area contributed by atoms with Crippen LogP contribution in [0.1, 0.15) is 31.4 Å². The van der Waals surface area contributed by atoms with Gasteiger partial charge in [0.15, 0.2) is 0 Å². The zero-order valence-electron chi connectivity index (χ0n) is 12.6. The minimum absolute atomic E-state index is 0.495. The highest BCUT2D eigenvalue weighted by Crippen LogP contribution is 2.38. The van der Waals surface area contributed by atoms with Crippen molar-refractivity contribution in [1.82, 2.24) is 10.2 Å². The first-order valence-corrected chi connectivity index (χ1v) is 7.88. The van der Waals surface area contributed by atoms with Gasteiger partial charge < -0.3 is 10.1 Å². The van der Waals surface area contributed by atoms with Crippen LogP contribution in [0.15, 0.2) is 24.3 Å². The summed E-state index contributed by atoms with van der Waals surface area (Å²) in [4.78, 5) is 2.56. The molecule has 1 fully saturated rings. The van der Waals surface area contributed by atoms with Crippen LogP contribution in [0.25, 0.3) is 0 Å². The second-order valence-corrected chi connectivity index (χ2v) is 6.40. The molecule has 2 aliphatic rings. The molecule has 0 radical (unpaired) electrons. The summed E-state index contributed by atoms with van der Waals surface area (Å²) in [6.45, 7) is 6.69. The molecule has 0 bridgehead atoms. The van der Waals surface area contributed by atoms with Gasteiger partial charge in [0.25, 0.3) is 0 Å². The summed E-state index contributed by atoms with van der Waals surface area (Å²) in [6, 6.07) is 9.03. The van der Waals surface area contributed by atoms with E-state index in [2.05, 4.69) is 48.5 Å². The maximum atomic E-state index is 5.87. The Kier molecular flexibility index (Phi) is 4.27. The quantitative estimate of drug-likeness (QED) is 0.917. The number of ether oxygens (including phenoxy) is 1. The molecule has 0 amide bonds. The molecule has 0 spiro atoms. The lowest BCUT2D eigenvalue weighted by molar-refractivity contribution is 0.0925. The molecule has 3 heteroatoms. The van der Waals surface area contributed by atoms with Gasteiger partial charge in [-0.05, 0) is 45.0 Å². The minimum atomic E-state index is 0.495. The number of fused-ring (bicyclic) bond motifs is 1. The zero-order valence-corrected chi connectivity index (χ0v) is 12.6. The Morgan fingerprint density at radius 2 is 2.00 bits per heavy atom. The van der Waals surface area contributed by atoms with E-state index in [0.29, 0.717) is 12.0 Å². The molecule has 3 rings (SSSR count). The van der Waals surface area contributed by atoms with Crippen LogP contribution < -0.4 is 10.1 Å². The smallest absolute Gasteiger partial charge is 0.124 e. The van der Waals surface area contributed by atoms with E-state index in [9.17, 15) is 0 Å². The van der Waals surface area contributed by atoms with Gasteiger partial charge in [-0.3, -0.25) is 4.90 Å². The van der Waals surface area contributed by atoms with Crippen molar-refractivity contribution >= 4 is 0 Å². The summed E-state index contributed by atoms with van der Waals surface area (Å²) in [6.07, 6.45) is 2.62. The highest BCUT2D eigenvalue weighted by atomic mass is 16.5. The first-order chi connectivity index (χ1) is 9.75. The van der Waals surface area contributed by atoms with E-state index in [1.54, 1.807) is 0 Å². The number of nitrogens with one attached hydrogen (secondary N) is 1. The van der Waals surface area contributed by atoms with Crippen molar-refractivity contribution in [3.63, 3.8) is 0 Å². The lowest BCUT2D eigenvalue weighted by Gasteiger charge is -2.39. The summed E-state index contributed by atoms with van der Waals surface area (Å²) in [5.41, 5.74) is 1.36. The molecule has 3 nitrogen and oxygen atoms in total. The van der Waals surface area contributed by atoms with E-state index in [1.165, 1.54) is 38.0 Å². The van der Waals surface area contributed by atoms with Gasteiger partial charge in [0.2, 0.25) is 0 Å². The molecule has 2 unspecified atom stereocenters. The standard InChI is InChI=1S/C17H26N2O/c1-13-12-20-16-6-4-3-5-15(16)17(13)19(2)11-14-7-9-18-10-8-14/h3-6,13-14,17-18H,7-12H2,1-2H3. The number of hydrogen-bond acceptors (Lipinski definition) is 3. The SMILES string of the molecule is CC1COc2ccccc2C1N(C)CC1CCNCC1. The molecule has 0 aliphatic carbocycles.